The van der Waals surface area contributed by atoms with E-state index in [4.69, 9.17) is 16.3 Å². The second kappa shape index (κ2) is 8.17. The maximum atomic E-state index is 12.5. The first-order valence-electron chi connectivity index (χ1n) is 7.26. The summed E-state index contributed by atoms with van der Waals surface area (Å²) in [6, 6.07) is 4.90. The highest BCUT2D eigenvalue weighted by molar-refractivity contribution is 6.31. The number of carbonyl (C=O) groups is 2. The van der Waals surface area contributed by atoms with E-state index in [0.717, 1.165) is 0 Å². The summed E-state index contributed by atoms with van der Waals surface area (Å²) in [7, 11) is 5.32. The molecule has 0 unspecified atom stereocenters. The summed E-state index contributed by atoms with van der Waals surface area (Å²) in [6.45, 7) is 4.32. The molecule has 0 atom stereocenters. The van der Waals surface area contributed by atoms with E-state index in [1.807, 2.05) is 19.0 Å². The van der Waals surface area contributed by atoms with Gasteiger partial charge >= 0.3 is 0 Å². The van der Waals surface area contributed by atoms with Gasteiger partial charge in [0.25, 0.3) is 0 Å². The van der Waals surface area contributed by atoms with E-state index < -0.39 is 11.3 Å². The minimum Gasteiger partial charge on any atom is -0.495 e. The number of likely N-dealkylation sites (N-methyl/N-ethyl adjacent to an activating group) is 1. The molecule has 0 aromatic heterocycles. The van der Waals surface area contributed by atoms with E-state index in [-0.39, 0.29) is 5.91 Å². The number of rotatable bonds is 7. The van der Waals surface area contributed by atoms with Gasteiger partial charge in [-0.3, -0.25) is 9.59 Å². The minimum absolute atomic E-state index is 0.335. The van der Waals surface area contributed by atoms with Crippen LogP contribution in [0, 0.1) is 5.41 Å². The van der Waals surface area contributed by atoms with Crippen LogP contribution in [-0.4, -0.2) is 51.0 Å². The summed E-state index contributed by atoms with van der Waals surface area (Å²) in [5.41, 5.74) is -0.793. The third kappa shape index (κ3) is 5.41. The molecule has 1 rings (SSSR count). The Balaban J connectivity index is 2.79. The number of ether oxygens (including phenoxy) is 1. The molecule has 0 spiro atoms. The van der Waals surface area contributed by atoms with Crippen LogP contribution < -0.4 is 15.4 Å². The van der Waals surface area contributed by atoms with E-state index in [1.54, 1.807) is 32.0 Å². The number of hydrogen-bond donors (Lipinski definition) is 2. The van der Waals surface area contributed by atoms with E-state index >= 15 is 0 Å². The number of hydrogen-bond acceptors (Lipinski definition) is 4. The van der Waals surface area contributed by atoms with Crippen LogP contribution in [0.1, 0.15) is 13.8 Å². The van der Waals surface area contributed by atoms with Crippen molar-refractivity contribution in [3.63, 3.8) is 0 Å². The topological polar surface area (TPSA) is 70.7 Å². The van der Waals surface area contributed by atoms with Gasteiger partial charge in [-0.05, 0) is 46.1 Å². The van der Waals surface area contributed by atoms with Gasteiger partial charge in [-0.2, -0.15) is 0 Å². The van der Waals surface area contributed by atoms with Crippen molar-refractivity contribution in [1.29, 1.82) is 0 Å². The van der Waals surface area contributed by atoms with Crippen molar-refractivity contribution in [2.75, 3.05) is 39.6 Å². The van der Waals surface area contributed by atoms with E-state index in [0.29, 0.717) is 29.5 Å². The average molecular weight is 342 g/mol. The smallest absolute Gasteiger partial charge is 0.239 e. The molecule has 1 aromatic carbocycles. The largest absolute Gasteiger partial charge is 0.495 e. The molecule has 0 saturated carbocycles. The Kier molecular flexibility index (Phi) is 6.84. The van der Waals surface area contributed by atoms with Crippen molar-refractivity contribution in [3.8, 4) is 5.75 Å². The fourth-order valence-electron chi connectivity index (χ4n) is 1.77. The molecule has 0 aliphatic rings. The van der Waals surface area contributed by atoms with Crippen LogP contribution in [0.3, 0.4) is 0 Å². The molecule has 2 N–H and O–H groups in total. The fourth-order valence-corrected chi connectivity index (χ4v) is 1.95. The highest BCUT2D eigenvalue weighted by Gasteiger charge is 2.36. The number of carbonyl (C=O) groups excluding carboxylic acids is 2. The van der Waals surface area contributed by atoms with Crippen LogP contribution in [0.5, 0.6) is 5.75 Å². The Hall–Kier alpha value is -1.79. The van der Waals surface area contributed by atoms with Crippen LogP contribution in [0.25, 0.3) is 0 Å². The number of benzene rings is 1. The molecule has 0 heterocycles. The van der Waals surface area contributed by atoms with Gasteiger partial charge < -0.3 is 20.3 Å². The molecule has 0 aliphatic carbocycles. The predicted molar refractivity (Wildman–Crippen MR) is 92.0 cm³/mol. The summed E-state index contributed by atoms with van der Waals surface area (Å²) in [5, 5.41) is 5.93. The van der Waals surface area contributed by atoms with Gasteiger partial charge in [-0.15, -0.1) is 0 Å². The summed E-state index contributed by atoms with van der Waals surface area (Å²) in [6.07, 6.45) is 0. The first-order valence-corrected chi connectivity index (χ1v) is 7.64. The Morgan fingerprint density at radius 2 is 1.91 bits per heavy atom. The highest BCUT2D eigenvalue weighted by Crippen LogP contribution is 2.29. The molecule has 2 amide bonds. The zero-order chi connectivity index (χ0) is 17.6. The Bertz CT molecular complexity index is 574. The second-order valence-electron chi connectivity index (χ2n) is 5.98. The molecule has 0 bridgehead atoms. The Labute approximate surface area is 142 Å². The molecular weight excluding hydrogens is 318 g/mol. The van der Waals surface area contributed by atoms with Gasteiger partial charge in [0.05, 0.1) is 12.8 Å². The van der Waals surface area contributed by atoms with E-state index in [1.165, 1.54) is 7.11 Å². The Morgan fingerprint density at radius 3 is 2.48 bits per heavy atom. The molecule has 0 aliphatic heterocycles. The lowest BCUT2D eigenvalue weighted by molar-refractivity contribution is -0.138. The summed E-state index contributed by atoms with van der Waals surface area (Å²) in [5.74, 6) is -0.287. The number of halogens is 1. The van der Waals surface area contributed by atoms with Crippen molar-refractivity contribution in [1.82, 2.24) is 10.2 Å². The molecular formula is C16H24ClN3O3. The van der Waals surface area contributed by atoms with Gasteiger partial charge in [-0.1, -0.05) is 11.6 Å². The number of nitrogens with zero attached hydrogens (tertiary/aromatic N) is 1. The van der Waals surface area contributed by atoms with Crippen LogP contribution in [0.4, 0.5) is 5.69 Å². The summed E-state index contributed by atoms with van der Waals surface area (Å²) in [4.78, 5) is 26.7. The first-order chi connectivity index (χ1) is 10.7. The van der Waals surface area contributed by atoms with Crippen LogP contribution in [-0.2, 0) is 9.59 Å². The van der Waals surface area contributed by atoms with E-state index in [9.17, 15) is 9.59 Å². The monoisotopic (exact) mass is 341 g/mol. The van der Waals surface area contributed by atoms with Crippen molar-refractivity contribution in [2.24, 2.45) is 5.41 Å². The molecule has 128 valence electrons. The molecule has 0 saturated heterocycles. The molecule has 1 aromatic rings. The van der Waals surface area contributed by atoms with Gasteiger partial charge in [0.15, 0.2) is 0 Å². The minimum atomic E-state index is -1.22. The standard InChI is InChI=1S/C16H24ClN3O3/c1-16(2,14(21)18-8-9-20(3)4)15(22)19-12-10-11(17)6-7-13(12)23-5/h6-7,10H,8-9H2,1-5H3,(H,18,21)(H,19,22). The third-order valence-electron chi connectivity index (χ3n) is 3.39. The highest BCUT2D eigenvalue weighted by atomic mass is 35.5. The molecule has 23 heavy (non-hydrogen) atoms. The normalized spacial score (nSPS) is 11.3. The van der Waals surface area contributed by atoms with Crippen LogP contribution >= 0.6 is 11.6 Å². The maximum absolute atomic E-state index is 12.5. The fraction of sp³-hybridized carbons (Fsp3) is 0.500. The quantitative estimate of drug-likeness (QED) is 0.744. The third-order valence-corrected chi connectivity index (χ3v) is 3.62. The Morgan fingerprint density at radius 1 is 1.26 bits per heavy atom. The zero-order valence-corrected chi connectivity index (χ0v) is 15.0. The number of nitrogens with one attached hydrogen (secondary N) is 2. The molecule has 0 radical (unpaired) electrons. The van der Waals surface area contributed by atoms with Crippen molar-refractivity contribution in [2.45, 2.75) is 13.8 Å². The van der Waals surface area contributed by atoms with Gasteiger partial charge in [0.1, 0.15) is 11.2 Å². The van der Waals surface area contributed by atoms with E-state index in [2.05, 4.69) is 10.6 Å². The second-order valence-corrected chi connectivity index (χ2v) is 6.42. The number of amides is 2. The lowest BCUT2D eigenvalue weighted by Gasteiger charge is -2.24. The molecule has 0 fully saturated rings. The first kappa shape index (κ1) is 19.3. The average Bonchev–Trinajstić information content (AvgIpc) is 2.46. The number of anilines is 1. The van der Waals surface area contributed by atoms with Crippen molar-refractivity contribution >= 4 is 29.1 Å². The molecule has 7 heteroatoms. The van der Waals surface area contributed by atoms with Gasteiger partial charge in [0.2, 0.25) is 11.8 Å². The van der Waals surface area contributed by atoms with Gasteiger partial charge in [-0.25, -0.2) is 0 Å². The zero-order valence-electron chi connectivity index (χ0n) is 14.2. The lowest BCUT2D eigenvalue weighted by Crippen LogP contribution is -2.46. The molecule has 6 nitrogen and oxygen atoms in total. The predicted octanol–water partition coefficient (Wildman–Crippen LogP) is 1.99. The van der Waals surface area contributed by atoms with Crippen LogP contribution in [0.2, 0.25) is 5.02 Å². The SMILES string of the molecule is COc1ccc(Cl)cc1NC(=O)C(C)(C)C(=O)NCCN(C)C. The maximum Gasteiger partial charge on any atom is 0.239 e. The number of methoxy groups -OCH3 is 1. The van der Waals surface area contributed by atoms with Crippen LogP contribution in [0.15, 0.2) is 18.2 Å². The summed E-state index contributed by atoms with van der Waals surface area (Å²) >= 11 is 5.94. The summed E-state index contributed by atoms with van der Waals surface area (Å²) < 4.78 is 5.19. The van der Waals surface area contributed by atoms with Crippen molar-refractivity contribution in [3.05, 3.63) is 23.2 Å². The lowest BCUT2D eigenvalue weighted by atomic mass is 9.91. The van der Waals surface area contributed by atoms with Crippen molar-refractivity contribution < 1.29 is 14.3 Å². The van der Waals surface area contributed by atoms with Gasteiger partial charge in [0, 0.05) is 18.1 Å².